The Bertz CT molecular complexity index is 706. The summed E-state index contributed by atoms with van der Waals surface area (Å²) in [6.07, 6.45) is -7.95. The number of alkyl halides is 19. The molecule has 0 bridgehead atoms. The highest BCUT2D eigenvalue weighted by molar-refractivity contribution is 7.80. The van der Waals surface area contributed by atoms with Crippen LogP contribution >= 0.6 is 0 Å². The summed E-state index contributed by atoms with van der Waals surface area (Å²) in [6.45, 7) is 0. The molecule has 1 unspecified atom stereocenters. The van der Waals surface area contributed by atoms with Gasteiger partial charge in [0.25, 0.3) is 0 Å². The van der Waals surface area contributed by atoms with E-state index in [0.717, 1.165) is 0 Å². The van der Waals surface area contributed by atoms with Crippen molar-refractivity contribution in [2.24, 2.45) is 0 Å². The van der Waals surface area contributed by atoms with Crippen LogP contribution < -0.4 is 0 Å². The molecule has 0 heterocycles. The van der Waals surface area contributed by atoms with Crippen molar-refractivity contribution in [2.75, 3.05) is 0 Å². The van der Waals surface area contributed by atoms with Crippen molar-refractivity contribution in [1.29, 1.82) is 0 Å². The minimum atomic E-state index is -9.06. The summed E-state index contributed by atoms with van der Waals surface area (Å²) >= 11 is -5.91. The number of hydrogen-bond acceptors (Lipinski definition) is 2. The first-order chi connectivity index (χ1) is 12.9. The van der Waals surface area contributed by atoms with Crippen LogP contribution in [0.1, 0.15) is 0 Å². The molecular formula is C9F19O2S-. The molecule has 22 heteroatoms. The molecule has 0 aromatic rings. The Morgan fingerprint density at radius 1 is 0.387 bits per heavy atom. The van der Waals surface area contributed by atoms with E-state index in [9.17, 15) is 92.2 Å². The third-order valence-electron chi connectivity index (χ3n) is 3.30. The molecule has 188 valence electrons. The fraction of sp³-hybridized carbons (Fsp3) is 1.00. The first-order valence-corrected chi connectivity index (χ1v) is 7.20. The summed E-state index contributed by atoms with van der Waals surface area (Å²) in [6, 6.07) is 0. The molecule has 1 atom stereocenters. The second-order valence-corrected chi connectivity index (χ2v) is 6.25. The molecule has 0 aliphatic carbocycles. The van der Waals surface area contributed by atoms with Gasteiger partial charge in [0.05, 0.1) is 0 Å². The second kappa shape index (κ2) is 7.14. The Labute approximate surface area is 157 Å². The molecule has 0 radical (unpaired) electrons. The minimum Gasteiger partial charge on any atom is -0.768 e. The summed E-state index contributed by atoms with van der Waals surface area (Å²) in [5.74, 6) is -61.3. The topological polar surface area (TPSA) is 40.1 Å². The molecule has 0 N–H and O–H groups in total. The lowest BCUT2D eigenvalue weighted by Gasteiger charge is -2.43. The summed E-state index contributed by atoms with van der Waals surface area (Å²) in [4.78, 5) is 0. The largest absolute Gasteiger partial charge is 0.768 e. The lowest BCUT2D eigenvalue weighted by atomic mass is 9.89. The summed E-state index contributed by atoms with van der Waals surface area (Å²) in [5.41, 5.74) is 0. The van der Waals surface area contributed by atoms with E-state index in [4.69, 9.17) is 0 Å². The summed E-state index contributed by atoms with van der Waals surface area (Å²) in [7, 11) is 0. The number of rotatable bonds is 8. The first-order valence-electron chi connectivity index (χ1n) is 6.13. The molecule has 0 aliphatic rings. The summed E-state index contributed by atoms with van der Waals surface area (Å²) in [5, 5.41) is -7.51. The molecule has 0 saturated carbocycles. The van der Waals surface area contributed by atoms with Crippen molar-refractivity contribution in [3.05, 3.63) is 0 Å². The number of hydrogen-bond donors (Lipinski definition) is 0. The predicted molar refractivity (Wildman–Crippen MR) is 54.6 cm³/mol. The maximum absolute atomic E-state index is 13.1. The van der Waals surface area contributed by atoms with E-state index >= 15 is 0 Å². The SMILES string of the molecule is O=S([O-])C(F)(F)C(F)(F)C(F)(F)C(F)(F)C(F)(F)C(F)(F)C(F)(F)C(F)(F)C(F)(F)F. The maximum Gasteiger partial charge on any atom is 0.460 e. The van der Waals surface area contributed by atoms with Crippen LogP contribution in [0.25, 0.3) is 0 Å². The zero-order chi connectivity index (χ0) is 26.1. The highest BCUT2D eigenvalue weighted by atomic mass is 32.2. The van der Waals surface area contributed by atoms with Crippen LogP contribution in [-0.2, 0) is 11.1 Å². The lowest BCUT2D eigenvalue weighted by molar-refractivity contribution is -0.466. The molecule has 0 amide bonds. The fourth-order valence-electron chi connectivity index (χ4n) is 1.45. The van der Waals surface area contributed by atoms with E-state index < -0.39 is 64.0 Å². The fourth-order valence-corrected chi connectivity index (χ4v) is 1.79. The van der Waals surface area contributed by atoms with Crippen LogP contribution in [0.3, 0.4) is 0 Å². The Morgan fingerprint density at radius 3 is 0.774 bits per heavy atom. The second-order valence-electron chi connectivity index (χ2n) is 5.27. The van der Waals surface area contributed by atoms with Gasteiger partial charge in [0, 0.05) is 11.1 Å². The molecule has 31 heavy (non-hydrogen) atoms. The van der Waals surface area contributed by atoms with Crippen molar-refractivity contribution in [3.63, 3.8) is 0 Å². The zero-order valence-electron chi connectivity index (χ0n) is 12.9. The first kappa shape index (κ1) is 29.8. The molecule has 0 rings (SSSR count). The van der Waals surface area contributed by atoms with Gasteiger partial charge in [-0.1, -0.05) is 0 Å². The van der Waals surface area contributed by atoms with Crippen molar-refractivity contribution in [2.45, 2.75) is 52.9 Å². The van der Waals surface area contributed by atoms with Crippen molar-refractivity contribution in [1.82, 2.24) is 0 Å². The zero-order valence-corrected chi connectivity index (χ0v) is 13.7. The highest BCUT2D eigenvalue weighted by Crippen LogP contribution is 2.65. The maximum atomic E-state index is 13.1. The van der Waals surface area contributed by atoms with Gasteiger partial charge in [0.1, 0.15) is 0 Å². The molecule has 0 spiro atoms. The van der Waals surface area contributed by atoms with E-state index in [2.05, 4.69) is 0 Å². The van der Waals surface area contributed by atoms with Crippen LogP contribution in [0, 0.1) is 0 Å². The Kier molecular flexibility index (Phi) is 6.86. The van der Waals surface area contributed by atoms with E-state index in [-0.39, 0.29) is 0 Å². The molecular weight excluding hydrogens is 533 g/mol. The average Bonchev–Trinajstić information content (AvgIpc) is 2.52. The smallest absolute Gasteiger partial charge is 0.460 e. The van der Waals surface area contributed by atoms with Crippen LogP contribution in [0.4, 0.5) is 83.4 Å². The summed E-state index contributed by atoms with van der Waals surface area (Å²) < 4.78 is 261. The quantitative estimate of drug-likeness (QED) is 0.307. The standard InChI is InChI=1S/C9HF19O2S/c10-1(11,2(12,13)4(16,17)6(20,21)8(24,25)26)3(14,15)5(18,19)7(22,23)9(27,28)31(29)30/h(H,29,30)/p-1. The molecule has 0 aromatic carbocycles. The van der Waals surface area contributed by atoms with Crippen molar-refractivity contribution in [3.8, 4) is 0 Å². The van der Waals surface area contributed by atoms with Gasteiger partial charge < -0.3 is 4.55 Å². The van der Waals surface area contributed by atoms with Crippen LogP contribution in [0.5, 0.6) is 0 Å². The minimum absolute atomic E-state index is 5.91. The highest BCUT2D eigenvalue weighted by Gasteiger charge is 2.96. The monoisotopic (exact) mass is 533 g/mol. The van der Waals surface area contributed by atoms with E-state index in [1.807, 2.05) is 0 Å². The third kappa shape index (κ3) is 3.50. The Balaban J connectivity index is 6.95. The van der Waals surface area contributed by atoms with Gasteiger partial charge in [-0.3, -0.25) is 4.21 Å². The van der Waals surface area contributed by atoms with E-state index in [1.54, 1.807) is 0 Å². The average molecular weight is 533 g/mol. The van der Waals surface area contributed by atoms with Crippen molar-refractivity contribution < 1.29 is 92.2 Å². The third-order valence-corrected chi connectivity index (χ3v) is 3.97. The molecule has 0 aromatic heterocycles. The van der Waals surface area contributed by atoms with Crippen LogP contribution in [0.15, 0.2) is 0 Å². The normalized spacial score (nSPS) is 17.7. The predicted octanol–water partition coefficient (Wildman–Crippen LogP) is 5.47. The lowest BCUT2D eigenvalue weighted by Crippen LogP contribution is -2.76. The van der Waals surface area contributed by atoms with Gasteiger partial charge in [0.15, 0.2) is 0 Å². The van der Waals surface area contributed by atoms with E-state index in [1.165, 1.54) is 0 Å². The van der Waals surface area contributed by atoms with Gasteiger partial charge in [-0.2, -0.15) is 83.4 Å². The van der Waals surface area contributed by atoms with E-state index in [0.29, 0.717) is 0 Å². The van der Waals surface area contributed by atoms with Gasteiger partial charge in [-0.25, -0.2) is 0 Å². The van der Waals surface area contributed by atoms with Crippen LogP contribution in [-0.4, -0.2) is 61.7 Å². The van der Waals surface area contributed by atoms with Crippen LogP contribution in [0.2, 0.25) is 0 Å². The molecule has 2 nitrogen and oxygen atoms in total. The van der Waals surface area contributed by atoms with Crippen molar-refractivity contribution >= 4 is 11.1 Å². The van der Waals surface area contributed by atoms with Gasteiger partial charge in [-0.15, -0.1) is 0 Å². The Morgan fingerprint density at radius 2 is 0.581 bits per heavy atom. The molecule has 0 aliphatic heterocycles. The van der Waals surface area contributed by atoms with Gasteiger partial charge in [0.2, 0.25) is 0 Å². The Hall–Kier alpha value is -1.22. The van der Waals surface area contributed by atoms with Gasteiger partial charge in [-0.05, 0) is 0 Å². The number of halogens is 19. The molecule has 0 saturated heterocycles. The van der Waals surface area contributed by atoms with Gasteiger partial charge >= 0.3 is 52.9 Å². The molecule has 0 fully saturated rings.